The van der Waals surface area contributed by atoms with E-state index < -0.39 is 15.6 Å². The lowest BCUT2D eigenvalue weighted by molar-refractivity contribution is 0.0781. The first-order chi connectivity index (χ1) is 15.1. The number of aliphatic hydroxyl groups is 1. The number of rotatable bonds is 10. The predicted octanol–water partition coefficient (Wildman–Crippen LogP) is 1.86. The molecular weight excluding hydrogens is 432 g/mol. The number of sulfonamides is 1. The Balaban J connectivity index is 1.74. The molecule has 2 heterocycles. The lowest BCUT2D eigenvalue weighted by atomic mass is 10.1. The van der Waals surface area contributed by atoms with Crippen LogP contribution >= 0.6 is 0 Å². The zero-order chi connectivity index (χ0) is 23.4. The number of hydrogen-bond acceptors (Lipinski definition) is 8. The van der Waals surface area contributed by atoms with Crippen LogP contribution < -0.4 is 10.0 Å². The molecule has 0 aliphatic heterocycles. The van der Waals surface area contributed by atoms with Crippen LogP contribution in [-0.4, -0.2) is 58.9 Å². The Morgan fingerprint density at radius 1 is 1.16 bits per heavy atom. The minimum atomic E-state index is -3.60. The summed E-state index contributed by atoms with van der Waals surface area (Å²) in [6.07, 6.45) is 3.75. The zero-order valence-corrected chi connectivity index (χ0v) is 19.3. The van der Waals surface area contributed by atoms with E-state index in [9.17, 15) is 13.5 Å². The van der Waals surface area contributed by atoms with E-state index in [-0.39, 0.29) is 11.4 Å². The number of ether oxygens (including phenoxy) is 1. The molecule has 1 aromatic carbocycles. The van der Waals surface area contributed by atoms with Crippen molar-refractivity contribution >= 4 is 21.7 Å². The molecule has 172 valence electrons. The van der Waals surface area contributed by atoms with E-state index in [1.54, 1.807) is 44.4 Å². The first kappa shape index (κ1) is 23.8. The fraction of sp³-hybridized carbons (Fsp3) is 0.381. The third-order valence-electron chi connectivity index (χ3n) is 4.61. The lowest BCUT2D eigenvalue weighted by Gasteiger charge is -2.16. The molecule has 3 rings (SSSR count). The smallest absolute Gasteiger partial charge is 0.240 e. The summed E-state index contributed by atoms with van der Waals surface area (Å²) in [5.41, 5.74) is 1.23. The number of benzene rings is 1. The van der Waals surface area contributed by atoms with Gasteiger partial charge in [-0.1, -0.05) is 0 Å². The Hall–Kier alpha value is -2.86. The molecule has 0 atom stereocenters. The van der Waals surface area contributed by atoms with Gasteiger partial charge in [0.25, 0.3) is 0 Å². The standard InChI is InChI=1S/C21H28N6O4S/c1-21(2,28)13-19-23-14-18(27(19)3)17-9-10-22-20(26-17)25-15-5-7-16(8-6-15)32(29,30)24-11-12-31-4/h5-10,14,24,28H,11-13H2,1-4H3,(H,22,25,26). The molecule has 2 aromatic heterocycles. The van der Waals surface area contributed by atoms with Crippen LogP contribution in [0.1, 0.15) is 19.7 Å². The number of nitrogens with one attached hydrogen (secondary N) is 2. The third kappa shape index (κ3) is 6.10. The summed E-state index contributed by atoms with van der Waals surface area (Å²) >= 11 is 0. The fourth-order valence-electron chi connectivity index (χ4n) is 3.01. The van der Waals surface area contributed by atoms with Crippen molar-refractivity contribution in [2.75, 3.05) is 25.6 Å². The Labute approximate surface area is 187 Å². The van der Waals surface area contributed by atoms with Gasteiger partial charge in [0.2, 0.25) is 16.0 Å². The molecule has 3 N–H and O–H groups in total. The second-order valence-corrected chi connectivity index (χ2v) is 9.68. The van der Waals surface area contributed by atoms with Crippen molar-refractivity contribution in [2.45, 2.75) is 30.8 Å². The number of methoxy groups -OCH3 is 1. The van der Waals surface area contributed by atoms with E-state index in [4.69, 9.17) is 4.74 Å². The van der Waals surface area contributed by atoms with Gasteiger partial charge in [-0.25, -0.2) is 28.1 Å². The first-order valence-electron chi connectivity index (χ1n) is 10.0. The molecule has 11 heteroatoms. The lowest BCUT2D eigenvalue weighted by Crippen LogP contribution is -2.27. The number of imidazole rings is 1. The van der Waals surface area contributed by atoms with Crippen LogP contribution in [0, 0.1) is 0 Å². The summed E-state index contributed by atoms with van der Waals surface area (Å²) in [5, 5.41) is 13.2. The van der Waals surface area contributed by atoms with Crippen LogP contribution in [0.4, 0.5) is 11.6 Å². The molecule has 0 saturated carbocycles. The van der Waals surface area contributed by atoms with Crippen molar-refractivity contribution < 1.29 is 18.3 Å². The van der Waals surface area contributed by atoms with Crippen molar-refractivity contribution in [3.05, 3.63) is 48.5 Å². The normalized spacial score (nSPS) is 12.2. The predicted molar refractivity (Wildman–Crippen MR) is 121 cm³/mol. The van der Waals surface area contributed by atoms with Crippen LogP contribution in [0.25, 0.3) is 11.4 Å². The summed E-state index contributed by atoms with van der Waals surface area (Å²) in [6.45, 7) is 3.97. The average molecular weight is 461 g/mol. The average Bonchev–Trinajstić information content (AvgIpc) is 3.07. The van der Waals surface area contributed by atoms with E-state index in [0.29, 0.717) is 30.4 Å². The molecule has 0 unspecified atom stereocenters. The monoisotopic (exact) mass is 460 g/mol. The van der Waals surface area contributed by atoms with Crippen LogP contribution in [0.2, 0.25) is 0 Å². The molecule has 0 aliphatic rings. The quantitative estimate of drug-likeness (QED) is 0.391. The minimum absolute atomic E-state index is 0.156. The highest BCUT2D eigenvalue weighted by molar-refractivity contribution is 7.89. The van der Waals surface area contributed by atoms with E-state index >= 15 is 0 Å². The van der Waals surface area contributed by atoms with Crippen molar-refractivity contribution in [3.8, 4) is 11.4 Å². The van der Waals surface area contributed by atoms with Gasteiger partial charge in [-0.3, -0.25) is 0 Å². The van der Waals surface area contributed by atoms with Crippen molar-refractivity contribution in [1.29, 1.82) is 0 Å². The highest BCUT2D eigenvalue weighted by Crippen LogP contribution is 2.22. The van der Waals surface area contributed by atoms with Crippen LogP contribution in [0.15, 0.2) is 47.6 Å². The molecule has 3 aromatic rings. The number of anilines is 2. The summed E-state index contributed by atoms with van der Waals surface area (Å²) in [5.74, 6) is 1.11. The van der Waals surface area contributed by atoms with Gasteiger partial charge in [-0.15, -0.1) is 0 Å². The molecule has 32 heavy (non-hydrogen) atoms. The maximum absolute atomic E-state index is 12.3. The molecule has 10 nitrogen and oxygen atoms in total. The summed E-state index contributed by atoms with van der Waals surface area (Å²) < 4.78 is 33.7. The SMILES string of the molecule is COCCNS(=O)(=O)c1ccc(Nc2nccc(-c3cnc(CC(C)(C)O)n3C)n2)cc1. The van der Waals surface area contributed by atoms with Gasteiger partial charge in [-0.05, 0) is 44.2 Å². The van der Waals surface area contributed by atoms with Gasteiger partial charge in [-0.2, -0.15) is 0 Å². The maximum atomic E-state index is 12.3. The largest absolute Gasteiger partial charge is 0.390 e. The molecule has 0 fully saturated rings. The minimum Gasteiger partial charge on any atom is -0.390 e. The Kier molecular flexibility index (Phi) is 7.24. The zero-order valence-electron chi connectivity index (χ0n) is 18.5. The van der Waals surface area contributed by atoms with Crippen LogP contribution in [-0.2, 0) is 28.2 Å². The van der Waals surface area contributed by atoms with Gasteiger partial charge in [0.15, 0.2) is 0 Å². The van der Waals surface area contributed by atoms with Gasteiger partial charge < -0.3 is 19.7 Å². The fourth-order valence-corrected chi connectivity index (χ4v) is 4.02. The highest BCUT2D eigenvalue weighted by Gasteiger charge is 2.19. The maximum Gasteiger partial charge on any atom is 0.240 e. The molecule has 0 spiro atoms. The van der Waals surface area contributed by atoms with Crippen molar-refractivity contribution in [2.24, 2.45) is 7.05 Å². The van der Waals surface area contributed by atoms with Crippen LogP contribution in [0.5, 0.6) is 0 Å². The van der Waals surface area contributed by atoms with Gasteiger partial charge >= 0.3 is 0 Å². The molecule has 0 amide bonds. The third-order valence-corrected chi connectivity index (χ3v) is 6.09. The number of hydrogen-bond donors (Lipinski definition) is 3. The van der Waals surface area contributed by atoms with Crippen molar-refractivity contribution in [3.63, 3.8) is 0 Å². The molecule has 0 bridgehead atoms. The molecular formula is C21H28N6O4S. The number of nitrogens with zero attached hydrogens (tertiary/aromatic N) is 4. The van der Waals surface area contributed by atoms with Gasteiger partial charge in [0.05, 0.1) is 34.7 Å². The van der Waals surface area contributed by atoms with Crippen LogP contribution in [0.3, 0.4) is 0 Å². The molecule has 0 aliphatic carbocycles. The summed E-state index contributed by atoms with van der Waals surface area (Å²) in [6, 6.07) is 8.08. The second-order valence-electron chi connectivity index (χ2n) is 7.91. The second kappa shape index (κ2) is 9.74. The van der Waals surface area contributed by atoms with E-state index in [2.05, 4.69) is 25.0 Å². The first-order valence-corrected chi connectivity index (χ1v) is 11.5. The summed E-state index contributed by atoms with van der Waals surface area (Å²) in [7, 11) is -0.215. The van der Waals surface area contributed by atoms with Gasteiger partial charge in [0.1, 0.15) is 5.82 Å². The number of aromatic nitrogens is 4. The van der Waals surface area contributed by atoms with E-state index in [1.807, 2.05) is 11.6 Å². The Morgan fingerprint density at radius 3 is 2.53 bits per heavy atom. The van der Waals surface area contributed by atoms with E-state index in [1.165, 1.54) is 19.2 Å². The van der Waals surface area contributed by atoms with Gasteiger partial charge in [0, 0.05) is 39.0 Å². The molecule has 0 radical (unpaired) electrons. The summed E-state index contributed by atoms with van der Waals surface area (Å²) in [4.78, 5) is 13.3. The Morgan fingerprint density at radius 2 is 1.88 bits per heavy atom. The topological polar surface area (TPSA) is 131 Å². The molecule has 0 saturated heterocycles. The van der Waals surface area contributed by atoms with Crippen molar-refractivity contribution in [1.82, 2.24) is 24.2 Å². The highest BCUT2D eigenvalue weighted by atomic mass is 32.2. The van der Waals surface area contributed by atoms with E-state index in [0.717, 1.165) is 11.5 Å². The Bertz CT molecular complexity index is 1150.